The normalized spacial score (nSPS) is 11.5. The van der Waals surface area contributed by atoms with Gasteiger partial charge in [0.2, 0.25) is 5.91 Å². The maximum atomic E-state index is 11.8. The standard InChI is InChI=1S/C13H16N2O5/c1-15(20)13(19)10(14-11(16)8-12(17)18)7-9-5-3-2-4-6-9/h2-6,10,20H,7-8H2,1H3,(H,14,16)(H,17,18)/t10-/m1/s1. The van der Waals surface area contributed by atoms with Crippen LogP contribution in [-0.2, 0) is 20.8 Å². The van der Waals surface area contributed by atoms with Crippen LogP contribution >= 0.6 is 0 Å². The summed E-state index contributed by atoms with van der Waals surface area (Å²) in [6, 6.07) is 7.88. The summed E-state index contributed by atoms with van der Waals surface area (Å²) in [5, 5.41) is 20.4. The van der Waals surface area contributed by atoms with Crippen molar-refractivity contribution in [2.75, 3.05) is 7.05 Å². The largest absolute Gasteiger partial charge is 0.481 e. The summed E-state index contributed by atoms with van der Waals surface area (Å²) in [7, 11) is 1.14. The van der Waals surface area contributed by atoms with Crippen molar-refractivity contribution >= 4 is 17.8 Å². The lowest BCUT2D eigenvalue weighted by molar-refractivity contribution is -0.162. The second kappa shape index (κ2) is 7.25. The molecule has 0 radical (unpaired) electrons. The quantitative estimate of drug-likeness (QED) is 0.387. The number of amides is 2. The minimum Gasteiger partial charge on any atom is -0.481 e. The van der Waals surface area contributed by atoms with Gasteiger partial charge in [0.15, 0.2) is 0 Å². The zero-order valence-corrected chi connectivity index (χ0v) is 10.9. The number of carbonyl (C=O) groups is 3. The second-order valence-corrected chi connectivity index (χ2v) is 4.24. The van der Waals surface area contributed by atoms with E-state index in [0.717, 1.165) is 12.6 Å². The van der Waals surface area contributed by atoms with Gasteiger partial charge >= 0.3 is 5.97 Å². The van der Waals surface area contributed by atoms with Gasteiger partial charge < -0.3 is 10.4 Å². The van der Waals surface area contributed by atoms with Crippen molar-refractivity contribution in [2.24, 2.45) is 0 Å². The van der Waals surface area contributed by atoms with Gasteiger partial charge in [0, 0.05) is 13.5 Å². The molecule has 1 atom stereocenters. The van der Waals surface area contributed by atoms with Gasteiger partial charge in [-0.15, -0.1) is 0 Å². The van der Waals surface area contributed by atoms with E-state index in [-0.39, 0.29) is 6.42 Å². The summed E-state index contributed by atoms with van der Waals surface area (Å²) >= 11 is 0. The van der Waals surface area contributed by atoms with E-state index in [2.05, 4.69) is 5.32 Å². The minimum atomic E-state index is -1.29. The number of hydrogen-bond acceptors (Lipinski definition) is 4. The van der Waals surface area contributed by atoms with E-state index in [0.29, 0.717) is 5.06 Å². The third kappa shape index (κ3) is 5.07. The Morgan fingerprint density at radius 1 is 1.25 bits per heavy atom. The fourth-order valence-corrected chi connectivity index (χ4v) is 1.66. The van der Waals surface area contributed by atoms with E-state index in [4.69, 9.17) is 5.11 Å². The molecule has 0 aliphatic carbocycles. The zero-order chi connectivity index (χ0) is 15.1. The molecule has 108 valence electrons. The molecule has 3 N–H and O–H groups in total. The Hall–Kier alpha value is -2.41. The van der Waals surface area contributed by atoms with Gasteiger partial charge in [0.1, 0.15) is 12.5 Å². The molecule has 1 aromatic carbocycles. The highest BCUT2D eigenvalue weighted by molar-refractivity contribution is 5.95. The van der Waals surface area contributed by atoms with Crippen LogP contribution in [0.5, 0.6) is 0 Å². The molecule has 1 rings (SSSR count). The molecule has 20 heavy (non-hydrogen) atoms. The van der Waals surface area contributed by atoms with Crippen LogP contribution in [0, 0.1) is 0 Å². The Balaban J connectivity index is 2.78. The molecular weight excluding hydrogens is 264 g/mol. The maximum absolute atomic E-state index is 11.8. The number of carbonyl (C=O) groups excluding carboxylic acids is 2. The Morgan fingerprint density at radius 3 is 2.35 bits per heavy atom. The molecule has 7 heteroatoms. The van der Waals surface area contributed by atoms with Crippen molar-refractivity contribution < 1.29 is 24.7 Å². The summed E-state index contributed by atoms with van der Waals surface area (Å²) in [4.78, 5) is 33.7. The Labute approximate surface area is 115 Å². The van der Waals surface area contributed by atoms with Crippen molar-refractivity contribution in [1.82, 2.24) is 10.4 Å². The Kier molecular flexibility index (Phi) is 5.67. The van der Waals surface area contributed by atoms with Crippen LogP contribution < -0.4 is 5.32 Å². The number of hydroxylamine groups is 2. The molecule has 0 heterocycles. The van der Waals surface area contributed by atoms with E-state index in [1.165, 1.54) is 0 Å². The van der Waals surface area contributed by atoms with Crippen LogP contribution in [0.15, 0.2) is 30.3 Å². The van der Waals surface area contributed by atoms with Crippen molar-refractivity contribution in [1.29, 1.82) is 0 Å². The van der Waals surface area contributed by atoms with Gasteiger partial charge in [-0.2, -0.15) is 0 Å². The van der Waals surface area contributed by atoms with Gasteiger partial charge in [0.05, 0.1) is 0 Å². The maximum Gasteiger partial charge on any atom is 0.312 e. The lowest BCUT2D eigenvalue weighted by atomic mass is 10.1. The van der Waals surface area contributed by atoms with Crippen LogP contribution in [0.2, 0.25) is 0 Å². The molecule has 0 bridgehead atoms. The predicted molar refractivity (Wildman–Crippen MR) is 68.9 cm³/mol. The van der Waals surface area contributed by atoms with Gasteiger partial charge in [-0.25, -0.2) is 5.06 Å². The molecule has 0 aliphatic rings. The number of likely N-dealkylation sites (N-methyl/N-ethyl adjacent to an activating group) is 1. The molecule has 2 amide bonds. The Morgan fingerprint density at radius 2 is 1.85 bits per heavy atom. The smallest absolute Gasteiger partial charge is 0.312 e. The topological polar surface area (TPSA) is 107 Å². The summed E-state index contributed by atoms with van der Waals surface area (Å²) in [5.74, 6) is -2.79. The lowest BCUT2D eigenvalue weighted by Gasteiger charge is -2.20. The van der Waals surface area contributed by atoms with Gasteiger partial charge in [-0.3, -0.25) is 19.6 Å². The van der Waals surface area contributed by atoms with Crippen molar-refractivity contribution in [3.8, 4) is 0 Å². The Bertz CT molecular complexity index is 487. The third-order valence-corrected chi connectivity index (χ3v) is 2.55. The lowest BCUT2D eigenvalue weighted by Crippen LogP contribution is -2.48. The molecule has 0 spiro atoms. The molecule has 0 unspecified atom stereocenters. The first-order chi connectivity index (χ1) is 9.40. The average molecular weight is 280 g/mol. The van der Waals surface area contributed by atoms with Crippen LogP contribution in [0.25, 0.3) is 0 Å². The van der Waals surface area contributed by atoms with Crippen molar-refractivity contribution in [3.05, 3.63) is 35.9 Å². The zero-order valence-electron chi connectivity index (χ0n) is 10.9. The predicted octanol–water partition coefficient (Wildman–Crippen LogP) is 0.0362. The highest BCUT2D eigenvalue weighted by Crippen LogP contribution is 2.05. The minimum absolute atomic E-state index is 0.163. The number of rotatable bonds is 6. The summed E-state index contributed by atoms with van der Waals surface area (Å²) in [6.07, 6.45) is -0.566. The first-order valence-electron chi connectivity index (χ1n) is 5.91. The number of benzene rings is 1. The van der Waals surface area contributed by atoms with E-state index >= 15 is 0 Å². The first kappa shape index (κ1) is 15.6. The molecular formula is C13H16N2O5. The molecule has 0 aromatic heterocycles. The molecule has 0 saturated carbocycles. The molecule has 1 aromatic rings. The first-order valence-corrected chi connectivity index (χ1v) is 5.91. The number of hydrogen-bond donors (Lipinski definition) is 3. The molecule has 0 saturated heterocycles. The highest BCUT2D eigenvalue weighted by atomic mass is 16.5. The number of carboxylic acid groups (broad SMARTS) is 1. The number of carboxylic acids is 1. The number of nitrogens with zero attached hydrogens (tertiary/aromatic N) is 1. The second-order valence-electron chi connectivity index (χ2n) is 4.24. The highest BCUT2D eigenvalue weighted by Gasteiger charge is 2.24. The summed E-state index contributed by atoms with van der Waals surface area (Å²) in [6.45, 7) is 0. The van der Waals surface area contributed by atoms with E-state index in [9.17, 15) is 19.6 Å². The fourth-order valence-electron chi connectivity index (χ4n) is 1.66. The molecule has 7 nitrogen and oxygen atoms in total. The number of aliphatic carboxylic acids is 1. The van der Waals surface area contributed by atoms with E-state index in [1.807, 2.05) is 6.07 Å². The third-order valence-electron chi connectivity index (χ3n) is 2.55. The average Bonchev–Trinajstić information content (AvgIpc) is 2.37. The van der Waals surface area contributed by atoms with Crippen LogP contribution in [0.1, 0.15) is 12.0 Å². The van der Waals surface area contributed by atoms with E-state index < -0.39 is 30.2 Å². The SMILES string of the molecule is CN(O)C(=O)[C@@H](Cc1ccccc1)NC(=O)CC(=O)O. The van der Waals surface area contributed by atoms with Crippen molar-refractivity contribution in [3.63, 3.8) is 0 Å². The van der Waals surface area contributed by atoms with Gasteiger partial charge in [-0.1, -0.05) is 30.3 Å². The molecule has 0 fully saturated rings. The van der Waals surface area contributed by atoms with Crippen molar-refractivity contribution in [2.45, 2.75) is 18.9 Å². The molecule has 0 aliphatic heterocycles. The van der Waals surface area contributed by atoms with Crippen LogP contribution in [-0.4, -0.2) is 46.3 Å². The summed E-state index contributed by atoms with van der Waals surface area (Å²) < 4.78 is 0. The van der Waals surface area contributed by atoms with Gasteiger partial charge in [-0.05, 0) is 5.56 Å². The fraction of sp³-hybridized carbons (Fsp3) is 0.308. The van der Waals surface area contributed by atoms with E-state index in [1.54, 1.807) is 24.3 Å². The monoisotopic (exact) mass is 280 g/mol. The van der Waals surface area contributed by atoms with Gasteiger partial charge in [0.25, 0.3) is 5.91 Å². The number of nitrogens with one attached hydrogen (secondary N) is 1. The van der Waals surface area contributed by atoms with Crippen LogP contribution in [0.3, 0.4) is 0 Å². The summed E-state index contributed by atoms with van der Waals surface area (Å²) in [5.41, 5.74) is 0.781. The van der Waals surface area contributed by atoms with Crippen LogP contribution in [0.4, 0.5) is 0 Å².